The molecular formula is C51H49Cl2F2N3O10S2. The SMILES string of the molecule is O=C(CC(c1ccccc1)c1cccc(OC(=O)c2cccc(S(=O)(=O)N3CCS[C@H]3C(=O)O[C@@H](Cc3c(Cl)cncc3Cl)c3ccc(OC(F)F)c(OCC4CC4)c3)c2)c1)O[C@H]1CN2CCC1CC2. The first-order chi connectivity index (χ1) is 33.8. The minimum Gasteiger partial charge on any atom is -0.489 e. The number of alkyl halides is 2. The summed E-state index contributed by atoms with van der Waals surface area (Å²) < 4.78 is 85.3. The average molecular weight is 1040 g/mol. The Labute approximate surface area is 418 Å². The van der Waals surface area contributed by atoms with Crippen LogP contribution in [0.2, 0.25) is 10.0 Å². The number of carbonyl (C=O) groups excluding carboxylic acids is 3. The Bertz CT molecular complexity index is 2800. The van der Waals surface area contributed by atoms with Crippen molar-refractivity contribution in [3.05, 3.63) is 147 Å². The van der Waals surface area contributed by atoms with Gasteiger partial charge in [0, 0.05) is 43.6 Å². The van der Waals surface area contributed by atoms with Crippen LogP contribution in [-0.2, 0) is 35.5 Å². The predicted molar refractivity (Wildman–Crippen MR) is 258 cm³/mol. The summed E-state index contributed by atoms with van der Waals surface area (Å²) in [6.45, 7) is -0.133. The zero-order valence-corrected chi connectivity index (χ0v) is 40.8. The molecule has 0 amide bonds. The largest absolute Gasteiger partial charge is 0.489 e. The lowest BCUT2D eigenvalue weighted by Gasteiger charge is -2.44. The monoisotopic (exact) mass is 1040 g/mol. The number of piperidine rings is 3. The van der Waals surface area contributed by atoms with E-state index in [1.165, 1.54) is 54.9 Å². The Morgan fingerprint density at radius 1 is 0.814 bits per heavy atom. The fourth-order valence-corrected chi connectivity index (χ4v) is 12.7. The van der Waals surface area contributed by atoms with Crippen molar-refractivity contribution in [3.63, 3.8) is 0 Å². The van der Waals surface area contributed by atoms with Crippen molar-refractivity contribution in [2.45, 2.75) is 73.5 Å². The second-order valence-corrected chi connectivity index (χ2v) is 21.6. The van der Waals surface area contributed by atoms with Crippen LogP contribution in [0.25, 0.3) is 0 Å². The van der Waals surface area contributed by atoms with E-state index in [2.05, 4.69) is 9.88 Å². The van der Waals surface area contributed by atoms with Gasteiger partial charge >= 0.3 is 24.5 Å². The molecule has 13 nitrogen and oxygen atoms in total. The number of hydrogen-bond donors (Lipinski definition) is 0. The van der Waals surface area contributed by atoms with Crippen LogP contribution in [0.15, 0.2) is 114 Å². The maximum atomic E-state index is 14.4. The van der Waals surface area contributed by atoms with Gasteiger partial charge in [0.15, 0.2) is 16.9 Å². The molecule has 5 aromatic rings. The first kappa shape index (κ1) is 49.7. The van der Waals surface area contributed by atoms with Crippen molar-refractivity contribution in [1.29, 1.82) is 0 Å². The number of aromatic nitrogens is 1. The Morgan fingerprint density at radius 2 is 1.56 bits per heavy atom. The van der Waals surface area contributed by atoms with Crippen LogP contribution in [0.4, 0.5) is 8.78 Å². The molecule has 4 aromatic carbocycles. The van der Waals surface area contributed by atoms with Crippen molar-refractivity contribution in [3.8, 4) is 17.2 Å². The lowest BCUT2D eigenvalue weighted by molar-refractivity contribution is -0.159. The molecule has 1 unspecified atom stereocenters. The number of sulfonamides is 1. The zero-order valence-electron chi connectivity index (χ0n) is 37.7. The molecule has 368 valence electrons. The lowest BCUT2D eigenvalue weighted by Crippen LogP contribution is -2.52. The van der Waals surface area contributed by atoms with E-state index in [-0.39, 0.29) is 87.5 Å². The molecule has 5 aliphatic rings. The predicted octanol–water partition coefficient (Wildman–Crippen LogP) is 9.75. The summed E-state index contributed by atoms with van der Waals surface area (Å²) in [6.07, 6.45) is 5.30. The highest BCUT2D eigenvalue weighted by Gasteiger charge is 2.43. The number of thioether (sulfide) groups is 1. The summed E-state index contributed by atoms with van der Waals surface area (Å²) >= 11 is 14.0. The molecule has 1 saturated carbocycles. The van der Waals surface area contributed by atoms with Crippen molar-refractivity contribution in [2.75, 3.05) is 38.5 Å². The van der Waals surface area contributed by atoms with Gasteiger partial charge in [-0.05, 0) is 115 Å². The number of fused-ring (bicyclic) bond motifs is 3. The van der Waals surface area contributed by atoms with Crippen molar-refractivity contribution >= 4 is 62.9 Å². The van der Waals surface area contributed by atoms with Crippen LogP contribution in [0.5, 0.6) is 17.2 Å². The minimum absolute atomic E-state index is 0.0104. The standard InChI is InChI=1S/C51H49Cl2F2N3O10S2/c52-41-27-56-28-42(53)40(41)25-44(35-14-15-43(68-51(54)55)45(24-35)64-30-31-12-13-31)67-50(61)48-58(20-21-69-48)70(62,63)38-11-5-9-36(23-38)49(60)65-37-10-4-8-34(22-37)39(32-6-2-1-3-7-32)26-47(59)66-46-29-57-18-16-33(46)17-19-57/h1-11,14-15,22-24,27-28,31,33,39,44,46,48,51H,12-13,16-21,25-26,29-30H2/t39?,44-,46-,48-/m0/s1. The van der Waals surface area contributed by atoms with Gasteiger partial charge in [-0.1, -0.05) is 77.8 Å². The number of benzene rings is 4. The van der Waals surface area contributed by atoms with E-state index in [0.717, 1.165) is 72.5 Å². The van der Waals surface area contributed by atoms with Gasteiger partial charge in [0.25, 0.3) is 0 Å². The topological polar surface area (TPSA) is 151 Å². The molecule has 0 radical (unpaired) electrons. The van der Waals surface area contributed by atoms with Gasteiger partial charge in [-0.15, -0.1) is 11.8 Å². The molecule has 70 heavy (non-hydrogen) atoms. The number of ether oxygens (including phenoxy) is 5. The number of esters is 3. The van der Waals surface area contributed by atoms with E-state index < -0.39 is 46.0 Å². The third kappa shape index (κ3) is 11.9. The first-order valence-electron chi connectivity index (χ1n) is 23.0. The molecule has 4 aliphatic heterocycles. The quantitative estimate of drug-likeness (QED) is 0.0571. The molecule has 4 saturated heterocycles. The summed E-state index contributed by atoms with van der Waals surface area (Å²) in [5.41, 5.74) is 2.23. The normalized spacial score (nSPS) is 20.9. The second kappa shape index (κ2) is 22.0. The summed E-state index contributed by atoms with van der Waals surface area (Å²) in [5, 5.41) is -1.00. The van der Waals surface area contributed by atoms with E-state index in [4.69, 9.17) is 46.9 Å². The molecule has 2 bridgehead atoms. The zero-order chi connectivity index (χ0) is 48.9. The molecule has 1 aliphatic carbocycles. The van der Waals surface area contributed by atoms with E-state index in [9.17, 15) is 31.6 Å². The van der Waals surface area contributed by atoms with Gasteiger partial charge in [-0.3, -0.25) is 14.7 Å². The van der Waals surface area contributed by atoms with Crippen LogP contribution in [-0.4, -0.2) is 97.1 Å². The molecule has 0 N–H and O–H groups in total. The van der Waals surface area contributed by atoms with Crippen LogP contribution in [0, 0.1) is 11.8 Å². The molecule has 5 heterocycles. The van der Waals surface area contributed by atoms with Gasteiger partial charge in [-0.25, -0.2) is 18.0 Å². The number of rotatable bonds is 19. The molecule has 1 aromatic heterocycles. The van der Waals surface area contributed by atoms with Crippen LogP contribution >= 0.6 is 35.0 Å². The molecule has 0 spiro atoms. The summed E-state index contributed by atoms with van der Waals surface area (Å²) in [4.78, 5) is 47.6. The third-order valence-electron chi connectivity index (χ3n) is 13.0. The van der Waals surface area contributed by atoms with Gasteiger partial charge in [0.05, 0.1) is 33.5 Å². The third-order valence-corrected chi connectivity index (χ3v) is 16.8. The van der Waals surface area contributed by atoms with Gasteiger partial charge in [0.1, 0.15) is 18.0 Å². The molecule has 5 fully saturated rings. The maximum absolute atomic E-state index is 14.4. The Balaban J connectivity index is 0.912. The molecule has 10 rings (SSSR count). The number of halogens is 4. The Hall–Kier alpha value is -5.30. The number of nitrogens with zero attached hydrogens (tertiary/aromatic N) is 3. The smallest absolute Gasteiger partial charge is 0.387 e. The fraction of sp³-hybridized carbons (Fsp3) is 0.373. The van der Waals surface area contributed by atoms with Crippen LogP contribution in [0.1, 0.15) is 76.7 Å². The van der Waals surface area contributed by atoms with Crippen LogP contribution in [0.3, 0.4) is 0 Å². The Morgan fingerprint density at radius 3 is 2.27 bits per heavy atom. The summed E-state index contributed by atoms with van der Waals surface area (Å²) in [5.74, 6) is -1.61. The van der Waals surface area contributed by atoms with E-state index in [1.54, 1.807) is 18.2 Å². The fourth-order valence-electron chi connectivity index (χ4n) is 9.08. The highest BCUT2D eigenvalue weighted by Crippen LogP contribution is 2.40. The minimum atomic E-state index is -4.44. The highest BCUT2D eigenvalue weighted by atomic mass is 35.5. The van der Waals surface area contributed by atoms with Gasteiger partial charge in [-0.2, -0.15) is 13.1 Å². The van der Waals surface area contributed by atoms with E-state index >= 15 is 0 Å². The molecule has 4 atom stereocenters. The number of pyridine rings is 1. The highest BCUT2D eigenvalue weighted by molar-refractivity contribution is 8.02. The first-order valence-corrected chi connectivity index (χ1v) is 26.3. The van der Waals surface area contributed by atoms with Crippen LogP contribution < -0.4 is 14.2 Å². The molecular weight excluding hydrogens is 988 g/mol. The lowest BCUT2D eigenvalue weighted by atomic mass is 9.85. The van der Waals surface area contributed by atoms with Crippen molar-refractivity contribution < 1.29 is 55.3 Å². The number of hydrogen-bond acceptors (Lipinski definition) is 13. The van der Waals surface area contributed by atoms with Gasteiger partial charge in [0.2, 0.25) is 10.0 Å². The van der Waals surface area contributed by atoms with Crippen molar-refractivity contribution in [1.82, 2.24) is 14.2 Å². The van der Waals surface area contributed by atoms with E-state index in [1.807, 2.05) is 36.4 Å². The van der Waals surface area contributed by atoms with Crippen molar-refractivity contribution in [2.24, 2.45) is 11.8 Å². The number of carbonyl (C=O) groups is 3. The maximum Gasteiger partial charge on any atom is 0.387 e. The van der Waals surface area contributed by atoms with Gasteiger partial charge < -0.3 is 23.7 Å². The molecule has 19 heteroatoms. The summed E-state index contributed by atoms with van der Waals surface area (Å²) in [6, 6.07) is 25.9. The average Bonchev–Trinajstić information content (AvgIpc) is 4.05. The van der Waals surface area contributed by atoms with E-state index in [0.29, 0.717) is 17.0 Å². The Kier molecular flexibility index (Phi) is 15.6. The summed E-state index contributed by atoms with van der Waals surface area (Å²) in [7, 11) is -4.44. The second-order valence-electron chi connectivity index (χ2n) is 17.7.